The summed E-state index contributed by atoms with van der Waals surface area (Å²) >= 11 is 4.47. The molecule has 1 aromatic heterocycles. The molecule has 1 aromatic carbocycles. The number of benzene rings is 1. The Morgan fingerprint density at radius 3 is 2.52 bits per heavy atom. The second-order valence-corrected chi connectivity index (χ2v) is 6.44. The van der Waals surface area contributed by atoms with Gasteiger partial charge in [0.1, 0.15) is 17.3 Å². The van der Waals surface area contributed by atoms with Crippen LogP contribution in [0.1, 0.15) is 6.92 Å². The zero-order valence-corrected chi connectivity index (χ0v) is 13.3. The number of pyridine rings is 1. The summed E-state index contributed by atoms with van der Waals surface area (Å²) in [7, 11) is 0. The summed E-state index contributed by atoms with van der Waals surface area (Å²) in [5.74, 6) is -2.10. The molecule has 3 nitrogen and oxygen atoms in total. The van der Waals surface area contributed by atoms with Gasteiger partial charge in [0, 0.05) is 10.7 Å². The number of nitrogens with one attached hydrogen (secondary N) is 1. The average molecular weight is 373 g/mol. The number of para-hydroxylation sites is 1. The maximum atomic E-state index is 13.5. The van der Waals surface area contributed by atoms with Crippen LogP contribution in [0, 0.1) is 11.6 Å². The first-order valence-electron chi connectivity index (χ1n) is 6.00. The van der Waals surface area contributed by atoms with Crippen molar-refractivity contribution in [3.8, 4) is 0 Å². The van der Waals surface area contributed by atoms with Crippen molar-refractivity contribution in [2.45, 2.75) is 17.2 Å². The lowest BCUT2D eigenvalue weighted by molar-refractivity contribution is -0.115. The van der Waals surface area contributed by atoms with E-state index in [0.717, 1.165) is 16.6 Å². The molecule has 21 heavy (non-hydrogen) atoms. The van der Waals surface area contributed by atoms with Gasteiger partial charge < -0.3 is 5.32 Å². The summed E-state index contributed by atoms with van der Waals surface area (Å²) in [4.78, 5) is 16.1. The van der Waals surface area contributed by atoms with Gasteiger partial charge in [-0.3, -0.25) is 4.79 Å². The third-order valence-electron chi connectivity index (χ3n) is 2.58. The minimum atomic E-state index is -0.803. The Morgan fingerprint density at radius 1 is 1.29 bits per heavy atom. The molecule has 0 spiro atoms. The van der Waals surface area contributed by atoms with E-state index in [-0.39, 0.29) is 0 Å². The molecule has 0 fully saturated rings. The lowest BCUT2D eigenvalue weighted by Gasteiger charge is -2.12. The molecule has 0 aliphatic heterocycles. The van der Waals surface area contributed by atoms with Gasteiger partial charge in [-0.05, 0) is 47.1 Å². The van der Waals surface area contributed by atoms with E-state index in [1.807, 2.05) is 0 Å². The van der Waals surface area contributed by atoms with Crippen molar-refractivity contribution in [3.05, 3.63) is 52.6 Å². The highest BCUT2D eigenvalue weighted by molar-refractivity contribution is 9.10. The normalized spacial score (nSPS) is 12.0. The Balaban J connectivity index is 2.04. The van der Waals surface area contributed by atoms with Crippen LogP contribution in [0.25, 0.3) is 0 Å². The van der Waals surface area contributed by atoms with Crippen LogP contribution < -0.4 is 5.32 Å². The number of carbonyl (C=O) groups is 1. The molecule has 0 radical (unpaired) electrons. The van der Waals surface area contributed by atoms with Crippen LogP contribution in [0.5, 0.6) is 0 Å². The fourth-order valence-corrected chi connectivity index (χ4v) is 2.53. The predicted octanol–water partition coefficient (Wildman–Crippen LogP) is 4.24. The quantitative estimate of drug-likeness (QED) is 0.816. The first-order chi connectivity index (χ1) is 9.97. The minimum absolute atomic E-state index is 0.432. The number of carbonyl (C=O) groups excluding carboxylic acids is 1. The fraction of sp³-hybridized carbons (Fsp3) is 0.143. The summed E-state index contributed by atoms with van der Waals surface area (Å²) in [6.45, 7) is 1.64. The first-order valence-corrected chi connectivity index (χ1v) is 7.67. The number of anilines is 1. The molecular formula is C14H11BrF2N2OS. The monoisotopic (exact) mass is 372 g/mol. The van der Waals surface area contributed by atoms with E-state index < -0.39 is 28.5 Å². The Labute approximate surface area is 133 Å². The Hall–Kier alpha value is -1.47. The van der Waals surface area contributed by atoms with Crippen LogP contribution in [-0.2, 0) is 4.79 Å². The molecule has 1 heterocycles. The molecule has 0 aliphatic carbocycles. The highest BCUT2D eigenvalue weighted by Crippen LogP contribution is 2.24. The highest BCUT2D eigenvalue weighted by atomic mass is 79.9. The fourth-order valence-electron chi connectivity index (χ4n) is 1.51. The molecular weight excluding hydrogens is 362 g/mol. The van der Waals surface area contributed by atoms with Gasteiger partial charge >= 0.3 is 0 Å². The van der Waals surface area contributed by atoms with Gasteiger partial charge in [-0.15, -0.1) is 0 Å². The first kappa shape index (κ1) is 15.9. The molecule has 2 rings (SSSR count). The van der Waals surface area contributed by atoms with Gasteiger partial charge in [0.25, 0.3) is 0 Å². The Morgan fingerprint density at radius 2 is 1.95 bits per heavy atom. The zero-order chi connectivity index (χ0) is 15.4. The molecule has 110 valence electrons. The molecule has 0 saturated carbocycles. The molecule has 2 aromatic rings. The van der Waals surface area contributed by atoms with Gasteiger partial charge in [-0.2, -0.15) is 0 Å². The van der Waals surface area contributed by atoms with E-state index in [9.17, 15) is 13.6 Å². The molecule has 0 bridgehead atoms. The number of thioether (sulfide) groups is 1. The third-order valence-corrected chi connectivity index (χ3v) is 4.10. The van der Waals surface area contributed by atoms with E-state index >= 15 is 0 Å². The smallest absolute Gasteiger partial charge is 0.237 e. The number of nitrogens with zero attached hydrogens (tertiary/aromatic N) is 1. The predicted molar refractivity (Wildman–Crippen MR) is 82.2 cm³/mol. The number of amides is 1. The standard InChI is InChI=1S/C14H11BrF2N2OS/c1-8(21-12-6-5-9(15)7-18-12)14(20)19-13-10(16)3-2-4-11(13)17/h2-8H,1H3,(H,19,20). The van der Waals surface area contributed by atoms with Crippen LogP contribution in [0.15, 0.2) is 46.0 Å². The lowest BCUT2D eigenvalue weighted by Crippen LogP contribution is -2.23. The molecule has 1 amide bonds. The summed E-state index contributed by atoms with van der Waals surface area (Å²) in [6.07, 6.45) is 1.61. The van der Waals surface area contributed by atoms with Gasteiger partial charge in [0.2, 0.25) is 5.91 Å². The van der Waals surface area contributed by atoms with Gasteiger partial charge in [0.15, 0.2) is 0 Å². The summed E-state index contributed by atoms with van der Waals surface area (Å²) < 4.78 is 27.8. The van der Waals surface area contributed by atoms with Crippen molar-refractivity contribution in [2.75, 3.05) is 5.32 Å². The summed E-state index contributed by atoms with van der Waals surface area (Å²) in [5.41, 5.74) is -0.432. The molecule has 7 heteroatoms. The van der Waals surface area contributed by atoms with Gasteiger partial charge in [-0.1, -0.05) is 17.8 Å². The van der Waals surface area contributed by atoms with Crippen molar-refractivity contribution in [3.63, 3.8) is 0 Å². The molecule has 0 saturated heterocycles. The minimum Gasteiger partial charge on any atom is -0.320 e. The lowest BCUT2D eigenvalue weighted by atomic mass is 10.3. The zero-order valence-electron chi connectivity index (χ0n) is 10.9. The van der Waals surface area contributed by atoms with Crippen LogP contribution in [0.3, 0.4) is 0 Å². The van der Waals surface area contributed by atoms with Crippen LogP contribution in [-0.4, -0.2) is 16.1 Å². The van der Waals surface area contributed by atoms with Crippen molar-refractivity contribution in [2.24, 2.45) is 0 Å². The molecule has 1 unspecified atom stereocenters. The van der Waals surface area contributed by atoms with Crippen molar-refractivity contribution in [1.82, 2.24) is 4.98 Å². The number of aromatic nitrogens is 1. The SMILES string of the molecule is CC(Sc1ccc(Br)cn1)C(=O)Nc1c(F)cccc1F. The maximum absolute atomic E-state index is 13.5. The van der Waals surface area contributed by atoms with Crippen molar-refractivity contribution in [1.29, 1.82) is 0 Å². The second kappa shape index (κ2) is 7.00. The Bertz CT molecular complexity index is 632. The van der Waals surface area contributed by atoms with E-state index in [2.05, 4.69) is 26.2 Å². The topological polar surface area (TPSA) is 42.0 Å². The Kier molecular flexibility index (Phi) is 5.30. The van der Waals surface area contributed by atoms with E-state index in [4.69, 9.17) is 0 Å². The molecule has 1 N–H and O–H groups in total. The third kappa shape index (κ3) is 4.25. The number of hydrogen-bond acceptors (Lipinski definition) is 3. The second-order valence-electron chi connectivity index (χ2n) is 4.16. The largest absolute Gasteiger partial charge is 0.320 e. The number of halogens is 3. The van der Waals surface area contributed by atoms with E-state index in [1.54, 1.807) is 25.3 Å². The van der Waals surface area contributed by atoms with Crippen LogP contribution >= 0.6 is 27.7 Å². The van der Waals surface area contributed by atoms with Crippen LogP contribution in [0.4, 0.5) is 14.5 Å². The summed E-state index contributed by atoms with van der Waals surface area (Å²) in [5, 5.41) is 2.37. The van der Waals surface area contributed by atoms with E-state index in [0.29, 0.717) is 5.03 Å². The van der Waals surface area contributed by atoms with Gasteiger partial charge in [0.05, 0.1) is 10.3 Å². The molecule has 0 aliphatic rings. The van der Waals surface area contributed by atoms with E-state index in [1.165, 1.54) is 17.8 Å². The van der Waals surface area contributed by atoms with Crippen molar-refractivity contribution >= 4 is 39.3 Å². The summed E-state index contributed by atoms with van der Waals surface area (Å²) in [6, 6.07) is 6.97. The highest BCUT2D eigenvalue weighted by Gasteiger charge is 2.18. The van der Waals surface area contributed by atoms with Crippen LogP contribution in [0.2, 0.25) is 0 Å². The maximum Gasteiger partial charge on any atom is 0.237 e. The average Bonchev–Trinajstić information content (AvgIpc) is 2.45. The number of hydrogen-bond donors (Lipinski definition) is 1. The van der Waals surface area contributed by atoms with Gasteiger partial charge in [-0.25, -0.2) is 13.8 Å². The van der Waals surface area contributed by atoms with Crippen molar-refractivity contribution < 1.29 is 13.6 Å². The number of rotatable bonds is 4. The molecule has 1 atom stereocenters.